The zero-order chi connectivity index (χ0) is 23.6. The molecule has 0 atom stereocenters. The Kier molecular flexibility index (Phi) is 7.31. The van der Waals surface area contributed by atoms with Crippen molar-refractivity contribution in [1.82, 2.24) is 4.98 Å². The van der Waals surface area contributed by atoms with Crippen LogP contribution in [0.1, 0.15) is 48.9 Å². The van der Waals surface area contributed by atoms with Crippen LogP contribution in [0.25, 0.3) is 10.4 Å². The van der Waals surface area contributed by atoms with Crippen LogP contribution in [0.15, 0.2) is 41.3 Å². The number of nitrogens with zero attached hydrogens (tertiary/aromatic N) is 1. The van der Waals surface area contributed by atoms with E-state index in [1.54, 1.807) is 42.5 Å². The van der Waals surface area contributed by atoms with E-state index < -0.39 is 10.0 Å². The number of anilines is 2. The molecular formula is C25H30ClN3O2S2. The van der Waals surface area contributed by atoms with E-state index >= 15 is 0 Å². The summed E-state index contributed by atoms with van der Waals surface area (Å²) in [5, 5.41) is 4.92. The number of thiazole rings is 1. The normalized spacial score (nSPS) is 14.9. The van der Waals surface area contributed by atoms with Gasteiger partial charge in [-0.05, 0) is 74.4 Å². The lowest BCUT2D eigenvalue weighted by molar-refractivity contribution is 0.373. The van der Waals surface area contributed by atoms with Crippen molar-refractivity contribution in [2.24, 2.45) is 5.92 Å². The van der Waals surface area contributed by atoms with E-state index in [1.165, 1.54) is 32.1 Å². The number of halogens is 1. The van der Waals surface area contributed by atoms with E-state index in [4.69, 9.17) is 16.6 Å². The van der Waals surface area contributed by atoms with Crippen molar-refractivity contribution in [3.63, 3.8) is 0 Å². The van der Waals surface area contributed by atoms with Gasteiger partial charge in [0, 0.05) is 11.6 Å². The number of sulfonamides is 1. The second kappa shape index (κ2) is 10.0. The summed E-state index contributed by atoms with van der Waals surface area (Å²) >= 11 is 7.75. The second-order valence-electron chi connectivity index (χ2n) is 8.87. The quantitative estimate of drug-likeness (QED) is 0.358. The summed E-state index contributed by atoms with van der Waals surface area (Å²) in [6.07, 6.45) is 6.54. The van der Waals surface area contributed by atoms with Gasteiger partial charge >= 0.3 is 0 Å². The summed E-state index contributed by atoms with van der Waals surface area (Å²) < 4.78 is 29.0. The smallest absolute Gasteiger partial charge is 0.262 e. The van der Waals surface area contributed by atoms with Crippen molar-refractivity contribution in [3.05, 3.63) is 58.2 Å². The predicted molar refractivity (Wildman–Crippen MR) is 139 cm³/mol. The topological polar surface area (TPSA) is 71.1 Å². The van der Waals surface area contributed by atoms with Gasteiger partial charge in [0.25, 0.3) is 10.0 Å². The fourth-order valence-corrected chi connectivity index (χ4v) is 6.73. The van der Waals surface area contributed by atoms with E-state index in [1.807, 2.05) is 26.0 Å². The average Bonchev–Trinajstić information content (AvgIpc) is 3.16. The Hall–Kier alpha value is -2.09. The number of hydrogen-bond acceptors (Lipinski definition) is 5. The second-order valence-corrected chi connectivity index (χ2v) is 11.9. The molecular weight excluding hydrogens is 474 g/mol. The van der Waals surface area contributed by atoms with Gasteiger partial charge in [-0.2, -0.15) is 0 Å². The molecule has 1 heterocycles. The van der Waals surface area contributed by atoms with E-state index in [9.17, 15) is 8.42 Å². The summed E-state index contributed by atoms with van der Waals surface area (Å²) in [6, 6.07) is 10.7. The minimum atomic E-state index is -3.77. The highest BCUT2D eigenvalue weighted by Gasteiger charge is 2.20. The van der Waals surface area contributed by atoms with Crippen LogP contribution in [0, 0.1) is 26.7 Å². The van der Waals surface area contributed by atoms with Crippen LogP contribution in [0.2, 0.25) is 5.02 Å². The Balaban J connectivity index is 1.56. The van der Waals surface area contributed by atoms with Crippen LogP contribution in [0.3, 0.4) is 0 Å². The van der Waals surface area contributed by atoms with E-state index in [0.717, 1.165) is 33.4 Å². The average molecular weight is 504 g/mol. The monoisotopic (exact) mass is 503 g/mol. The Labute approximate surface area is 205 Å². The number of hydrogen-bond donors (Lipinski definition) is 2. The molecule has 1 aliphatic rings. The van der Waals surface area contributed by atoms with E-state index in [-0.39, 0.29) is 4.90 Å². The molecule has 0 spiro atoms. The summed E-state index contributed by atoms with van der Waals surface area (Å²) in [4.78, 5) is 5.93. The lowest BCUT2D eigenvalue weighted by Gasteiger charge is -2.21. The van der Waals surface area contributed by atoms with Gasteiger partial charge in [0.05, 0.1) is 21.2 Å². The van der Waals surface area contributed by atoms with Crippen molar-refractivity contribution in [1.29, 1.82) is 0 Å². The first kappa shape index (κ1) is 24.0. The predicted octanol–water partition coefficient (Wildman–Crippen LogP) is 7.18. The molecule has 0 amide bonds. The fourth-order valence-electron chi connectivity index (χ4n) is 4.26. The maximum atomic E-state index is 13.2. The number of nitrogens with one attached hydrogen (secondary N) is 2. The molecule has 1 aromatic heterocycles. The molecule has 1 saturated carbocycles. The molecule has 2 N–H and O–H groups in total. The zero-order valence-electron chi connectivity index (χ0n) is 19.2. The largest absolute Gasteiger partial charge is 0.361 e. The molecule has 176 valence electrons. The molecule has 8 heteroatoms. The minimum Gasteiger partial charge on any atom is -0.361 e. The zero-order valence-corrected chi connectivity index (χ0v) is 21.6. The highest BCUT2D eigenvalue weighted by molar-refractivity contribution is 7.92. The van der Waals surface area contributed by atoms with Crippen molar-refractivity contribution < 1.29 is 8.42 Å². The van der Waals surface area contributed by atoms with Crippen LogP contribution < -0.4 is 10.0 Å². The van der Waals surface area contributed by atoms with Gasteiger partial charge in [0.2, 0.25) is 0 Å². The van der Waals surface area contributed by atoms with Gasteiger partial charge in [0.15, 0.2) is 5.13 Å². The van der Waals surface area contributed by atoms with E-state index in [2.05, 4.69) is 10.0 Å². The number of aromatic nitrogens is 1. The molecule has 33 heavy (non-hydrogen) atoms. The molecule has 0 bridgehead atoms. The Bertz CT molecular complexity index is 1250. The molecule has 1 fully saturated rings. The first-order valence-electron chi connectivity index (χ1n) is 11.3. The molecule has 3 aromatic rings. The highest BCUT2D eigenvalue weighted by Crippen LogP contribution is 2.35. The molecule has 0 aliphatic heterocycles. The van der Waals surface area contributed by atoms with Crippen molar-refractivity contribution in [3.8, 4) is 10.4 Å². The standard InChI is InChI=1S/C25H30ClN3O2S2/c1-16-10-12-21(14-22(16)26)29-33(30,31)23-13-20(11-9-17(23)2)24-18(3)28-25(32-24)27-15-19-7-5-4-6-8-19/h9-14,19,29H,4-8,15H2,1-3H3,(H,27,28). The Morgan fingerprint density at radius 3 is 2.48 bits per heavy atom. The SMILES string of the molecule is Cc1ccc(NS(=O)(=O)c2cc(-c3sc(NCC4CCCCC4)nc3C)ccc2C)cc1Cl. The summed E-state index contributed by atoms with van der Waals surface area (Å²) in [6.45, 7) is 6.60. The van der Waals surface area contributed by atoms with Crippen molar-refractivity contribution in [2.75, 3.05) is 16.6 Å². The molecule has 2 aromatic carbocycles. The summed E-state index contributed by atoms with van der Waals surface area (Å²) in [7, 11) is -3.77. The summed E-state index contributed by atoms with van der Waals surface area (Å²) in [5.74, 6) is 0.712. The van der Waals surface area contributed by atoms with Crippen molar-refractivity contribution >= 4 is 43.8 Å². The van der Waals surface area contributed by atoms with Crippen LogP contribution in [0.4, 0.5) is 10.8 Å². The van der Waals surface area contributed by atoms with Crippen molar-refractivity contribution in [2.45, 2.75) is 57.8 Å². The van der Waals surface area contributed by atoms with Crippen LogP contribution in [-0.4, -0.2) is 19.9 Å². The third-order valence-corrected chi connectivity index (χ3v) is 9.32. The number of benzene rings is 2. The first-order valence-corrected chi connectivity index (χ1v) is 14.0. The van der Waals surface area contributed by atoms with Gasteiger partial charge in [0.1, 0.15) is 0 Å². The van der Waals surface area contributed by atoms with Crippen LogP contribution in [0.5, 0.6) is 0 Å². The molecule has 5 nitrogen and oxygen atoms in total. The molecule has 0 unspecified atom stereocenters. The van der Waals surface area contributed by atoms with Gasteiger partial charge in [-0.3, -0.25) is 4.72 Å². The van der Waals surface area contributed by atoms with Gasteiger partial charge in [-0.15, -0.1) is 0 Å². The summed E-state index contributed by atoms with van der Waals surface area (Å²) in [5.41, 5.74) is 3.77. The molecule has 0 saturated heterocycles. The van der Waals surface area contributed by atoms with Gasteiger partial charge in [-0.25, -0.2) is 13.4 Å². The highest BCUT2D eigenvalue weighted by atomic mass is 35.5. The Morgan fingerprint density at radius 1 is 1.03 bits per heavy atom. The molecule has 1 aliphatic carbocycles. The lowest BCUT2D eigenvalue weighted by atomic mass is 9.89. The first-order chi connectivity index (χ1) is 15.7. The minimum absolute atomic E-state index is 0.251. The third-order valence-electron chi connectivity index (χ3n) is 6.23. The Morgan fingerprint density at radius 2 is 1.76 bits per heavy atom. The lowest BCUT2D eigenvalue weighted by Crippen LogP contribution is -2.16. The number of rotatable bonds is 7. The maximum Gasteiger partial charge on any atom is 0.262 e. The van der Waals surface area contributed by atoms with E-state index in [0.29, 0.717) is 22.2 Å². The van der Waals surface area contributed by atoms with Crippen LogP contribution >= 0.6 is 22.9 Å². The maximum absolute atomic E-state index is 13.2. The number of aryl methyl sites for hydroxylation is 3. The van der Waals surface area contributed by atoms with Gasteiger partial charge < -0.3 is 5.32 Å². The molecule has 0 radical (unpaired) electrons. The van der Waals surface area contributed by atoms with Gasteiger partial charge in [-0.1, -0.05) is 60.4 Å². The molecule has 4 rings (SSSR count). The third kappa shape index (κ3) is 5.70. The van der Waals surface area contributed by atoms with Crippen LogP contribution in [-0.2, 0) is 10.0 Å². The fraction of sp³-hybridized carbons (Fsp3) is 0.400.